The average Bonchev–Trinajstić information content (AvgIpc) is 3.64. The summed E-state index contributed by atoms with van der Waals surface area (Å²) in [5.74, 6) is 1.40. The summed E-state index contributed by atoms with van der Waals surface area (Å²) in [5, 5.41) is 6.27. The van der Waals surface area contributed by atoms with Crippen LogP contribution in [0.1, 0.15) is 60.6 Å². The molecule has 0 radical (unpaired) electrons. The van der Waals surface area contributed by atoms with Crippen LogP contribution in [0.3, 0.4) is 0 Å². The molecule has 2 fully saturated rings. The normalized spacial score (nSPS) is 21.3. The van der Waals surface area contributed by atoms with Crippen LogP contribution in [0.15, 0.2) is 24.5 Å². The standard InChI is InChI=1S/C29H37N5O4/c1-16-5-10-23(38-13-19-6-7-19)21(11-16)26-28-27(31-15-30-26)25(18(3)32-28)29(36)34-22-9-8-20(12-17(22)2)33-24(35)14-37-4/h5,10-11,15,17,19-20,22,32H,6-9,12-14H2,1-4H3,(H,33,35)(H,34,36)/t17-,20+,22+/m1/s1. The van der Waals surface area contributed by atoms with Gasteiger partial charge in [0.05, 0.1) is 17.7 Å². The van der Waals surface area contributed by atoms with Crippen molar-refractivity contribution in [3.63, 3.8) is 0 Å². The van der Waals surface area contributed by atoms with E-state index in [1.54, 1.807) is 0 Å². The van der Waals surface area contributed by atoms with Gasteiger partial charge in [0.25, 0.3) is 5.91 Å². The molecule has 3 N–H and O–H groups in total. The first-order valence-corrected chi connectivity index (χ1v) is 13.5. The number of rotatable bonds is 9. The molecule has 2 heterocycles. The Morgan fingerprint density at radius 3 is 2.66 bits per heavy atom. The van der Waals surface area contributed by atoms with E-state index >= 15 is 0 Å². The van der Waals surface area contributed by atoms with Gasteiger partial charge in [0.1, 0.15) is 29.9 Å². The summed E-state index contributed by atoms with van der Waals surface area (Å²) in [6.07, 6.45) is 6.35. The van der Waals surface area contributed by atoms with Crippen molar-refractivity contribution in [3.8, 4) is 17.0 Å². The second-order valence-electron chi connectivity index (χ2n) is 10.9. The Kier molecular flexibility index (Phi) is 7.65. The molecule has 0 saturated heterocycles. The summed E-state index contributed by atoms with van der Waals surface area (Å²) in [7, 11) is 1.51. The molecule has 202 valence electrons. The molecule has 0 unspecified atom stereocenters. The number of amides is 2. The topological polar surface area (TPSA) is 118 Å². The molecule has 2 aliphatic carbocycles. The van der Waals surface area contributed by atoms with Crippen molar-refractivity contribution in [2.75, 3.05) is 20.3 Å². The first-order chi connectivity index (χ1) is 18.3. The van der Waals surface area contributed by atoms with Crippen LogP contribution in [0, 0.1) is 25.7 Å². The van der Waals surface area contributed by atoms with E-state index in [0.717, 1.165) is 53.0 Å². The molecule has 9 nitrogen and oxygen atoms in total. The summed E-state index contributed by atoms with van der Waals surface area (Å²) < 4.78 is 11.1. The number of carbonyl (C=O) groups is 2. The van der Waals surface area contributed by atoms with Gasteiger partial charge in [0, 0.05) is 30.5 Å². The molecule has 0 spiro atoms. The second-order valence-corrected chi connectivity index (χ2v) is 10.9. The van der Waals surface area contributed by atoms with E-state index in [-0.39, 0.29) is 36.4 Å². The first kappa shape index (κ1) is 26.2. The fourth-order valence-electron chi connectivity index (χ4n) is 5.43. The van der Waals surface area contributed by atoms with Gasteiger partial charge in [-0.05, 0) is 69.9 Å². The van der Waals surface area contributed by atoms with Gasteiger partial charge >= 0.3 is 0 Å². The van der Waals surface area contributed by atoms with E-state index < -0.39 is 0 Å². The highest BCUT2D eigenvalue weighted by Crippen LogP contribution is 2.37. The number of carbonyl (C=O) groups excluding carboxylic acids is 2. The molecule has 0 bridgehead atoms. The number of aromatic amines is 1. The Morgan fingerprint density at radius 1 is 1.11 bits per heavy atom. The van der Waals surface area contributed by atoms with E-state index in [2.05, 4.69) is 38.6 Å². The summed E-state index contributed by atoms with van der Waals surface area (Å²) in [6.45, 7) is 6.82. The quantitative estimate of drug-likeness (QED) is 0.392. The van der Waals surface area contributed by atoms with Crippen molar-refractivity contribution in [3.05, 3.63) is 41.3 Å². The molecule has 3 aromatic rings. The van der Waals surface area contributed by atoms with Crippen molar-refractivity contribution < 1.29 is 19.1 Å². The van der Waals surface area contributed by atoms with Crippen LogP contribution >= 0.6 is 0 Å². The SMILES string of the molecule is COCC(=O)N[C@H]1CC[C@H](NC(=O)c2c(C)[nH]c3c(-c4cc(C)ccc4OCC4CC4)ncnc23)[C@H](C)C1. The third-order valence-electron chi connectivity index (χ3n) is 7.69. The largest absolute Gasteiger partial charge is 0.493 e. The van der Waals surface area contributed by atoms with E-state index in [0.29, 0.717) is 23.6 Å². The Bertz CT molecular complexity index is 1330. The van der Waals surface area contributed by atoms with E-state index in [4.69, 9.17) is 9.47 Å². The molecule has 1 aromatic carbocycles. The highest BCUT2D eigenvalue weighted by molar-refractivity contribution is 6.09. The Labute approximate surface area is 223 Å². The van der Waals surface area contributed by atoms with Crippen LogP contribution in [0.25, 0.3) is 22.3 Å². The van der Waals surface area contributed by atoms with Gasteiger partial charge in [-0.2, -0.15) is 0 Å². The fraction of sp³-hybridized carbons (Fsp3) is 0.517. The van der Waals surface area contributed by atoms with Crippen LogP contribution in [0.4, 0.5) is 0 Å². The third-order valence-corrected chi connectivity index (χ3v) is 7.69. The minimum atomic E-state index is -0.147. The van der Waals surface area contributed by atoms with Gasteiger partial charge in [-0.3, -0.25) is 9.59 Å². The van der Waals surface area contributed by atoms with E-state index in [1.165, 1.54) is 26.3 Å². The zero-order valence-electron chi connectivity index (χ0n) is 22.6. The molecule has 3 atom stereocenters. The number of methoxy groups -OCH3 is 1. The zero-order valence-corrected chi connectivity index (χ0v) is 22.6. The molecular formula is C29H37N5O4. The van der Waals surface area contributed by atoms with Gasteiger partial charge in [-0.1, -0.05) is 18.6 Å². The number of benzene rings is 1. The van der Waals surface area contributed by atoms with Crippen molar-refractivity contribution in [1.29, 1.82) is 0 Å². The Morgan fingerprint density at radius 2 is 1.92 bits per heavy atom. The molecule has 2 amide bonds. The lowest BCUT2D eigenvalue weighted by Gasteiger charge is -2.35. The average molecular weight is 520 g/mol. The maximum atomic E-state index is 13.5. The number of fused-ring (bicyclic) bond motifs is 1. The number of aromatic nitrogens is 3. The van der Waals surface area contributed by atoms with E-state index in [9.17, 15) is 9.59 Å². The van der Waals surface area contributed by atoms with Gasteiger partial charge in [-0.25, -0.2) is 9.97 Å². The molecule has 0 aliphatic heterocycles. The van der Waals surface area contributed by atoms with Crippen molar-refractivity contribution in [1.82, 2.24) is 25.6 Å². The minimum absolute atomic E-state index is 0.0166. The molecule has 5 rings (SSSR count). The predicted octanol–water partition coefficient (Wildman–Crippen LogP) is 4.08. The van der Waals surface area contributed by atoms with Crippen LogP contribution < -0.4 is 15.4 Å². The maximum absolute atomic E-state index is 13.5. The molecule has 2 aliphatic rings. The lowest BCUT2D eigenvalue weighted by molar-refractivity contribution is -0.125. The van der Waals surface area contributed by atoms with E-state index in [1.807, 2.05) is 26.0 Å². The second kappa shape index (κ2) is 11.1. The smallest absolute Gasteiger partial charge is 0.255 e. The maximum Gasteiger partial charge on any atom is 0.255 e. The van der Waals surface area contributed by atoms with Gasteiger partial charge in [0.15, 0.2) is 0 Å². The number of hydrogen-bond acceptors (Lipinski definition) is 6. The summed E-state index contributed by atoms with van der Waals surface area (Å²) in [6, 6.07) is 6.23. The van der Waals surface area contributed by atoms with Crippen LogP contribution in [-0.4, -0.2) is 59.2 Å². The van der Waals surface area contributed by atoms with Gasteiger partial charge < -0.3 is 25.1 Å². The monoisotopic (exact) mass is 519 g/mol. The molecule has 38 heavy (non-hydrogen) atoms. The minimum Gasteiger partial charge on any atom is -0.493 e. The molecule has 2 saturated carbocycles. The number of H-pyrrole nitrogens is 1. The predicted molar refractivity (Wildman–Crippen MR) is 145 cm³/mol. The summed E-state index contributed by atoms with van der Waals surface area (Å²) in [5.41, 5.74) is 5.36. The highest BCUT2D eigenvalue weighted by atomic mass is 16.5. The van der Waals surface area contributed by atoms with Crippen LogP contribution in [0.2, 0.25) is 0 Å². The van der Waals surface area contributed by atoms with Crippen molar-refractivity contribution >= 4 is 22.8 Å². The van der Waals surface area contributed by atoms with Crippen LogP contribution in [-0.2, 0) is 9.53 Å². The van der Waals surface area contributed by atoms with Crippen LogP contribution in [0.5, 0.6) is 5.75 Å². The first-order valence-electron chi connectivity index (χ1n) is 13.5. The lowest BCUT2D eigenvalue weighted by Crippen LogP contribution is -2.48. The lowest BCUT2D eigenvalue weighted by atomic mass is 9.82. The number of nitrogens with one attached hydrogen (secondary N) is 3. The highest BCUT2D eigenvalue weighted by Gasteiger charge is 2.31. The number of aryl methyl sites for hydroxylation is 2. The van der Waals surface area contributed by atoms with Crippen molar-refractivity contribution in [2.45, 2.75) is 65.0 Å². The van der Waals surface area contributed by atoms with Gasteiger partial charge in [-0.15, -0.1) is 0 Å². The zero-order chi connectivity index (χ0) is 26.8. The number of ether oxygens (including phenoxy) is 2. The number of nitrogens with zero attached hydrogens (tertiary/aromatic N) is 2. The molecular weight excluding hydrogens is 482 g/mol. The summed E-state index contributed by atoms with van der Waals surface area (Å²) in [4.78, 5) is 38.0. The third kappa shape index (κ3) is 5.67. The number of hydrogen-bond donors (Lipinski definition) is 3. The van der Waals surface area contributed by atoms with Crippen molar-refractivity contribution in [2.24, 2.45) is 11.8 Å². The Balaban J connectivity index is 1.36. The fourth-order valence-corrected chi connectivity index (χ4v) is 5.43. The van der Waals surface area contributed by atoms with Gasteiger partial charge in [0.2, 0.25) is 5.91 Å². The summed E-state index contributed by atoms with van der Waals surface area (Å²) >= 11 is 0. The Hall–Kier alpha value is -3.46. The molecule has 9 heteroatoms. The molecule has 2 aromatic heterocycles.